The molecular weight excluding hydrogens is 197 g/mol. The molecule has 0 amide bonds. The van der Waals surface area contributed by atoms with Crippen LogP contribution in [0.25, 0.3) is 11.3 Å². The molecule has 5 heteroatoms. The summed E-state index contributed by atoms with van der Waals surface area (Å²) >= 11 is 0. The van der Waals surface area contributed by atoms with Crippen LogP contribution >= 0.6 is 0 Å². The highest BCUT2D eigenvalue weighted by Crippen LogP contribution is 2.16. The van der Waals surface area contributed by atoms with Gasteiger partial charge in [-0.15, -0.1) is 5.10 Å². The van der Waals surface area contributed by atoms with Crippen molar-refractivity contribution in [2.45, 2.75) is 0 Å². The molecular formula is C10H6FN3O. The third-order valence-electron chi connectivity index (χ3n) is 1.80. The summed E-state index contributed by atoms with van der Waals surface area (Å²) in [6.45, 7) is 0. The van der Waals surface area contributed by atoms with Crippen molar-refractivity contribution in [1.82, 2.24) is 15.2 Å². The van der Waals surface area contributed by atoms with Gasteiger partial charge in [0.25, 0.3) is 0 Å². The van der Waals surface area contributed by atoms with Gasteiger partial charge in [0.05, 0.1) is 11.9 Å². The molecule has 74 valence electrons. The van der Waals surface area contributed by atoms with Crippen LogP contribution in [0.2, 0.25) is 0 Å². The fourth-order valence-corrected chi connectivity index (χ4v) is 1.15. The van der Waals surface area contributed by atoms with Gasteiger partial charge in [0.1, 0.15) is 5.82 Å². The van der Waals surface area contributed by atoms with E-state index in [1.165, 1.54) is 18.3 Å². The van der Waals surface area contributed by atoms with Crippen LogP contribution in [0, 0.1) is 5.82 Å². The molecule has 0 spiro atoms. The Balaban J connectivity index is 2.49. The van der Waals surface area contributed by atoms with Crippen LogP contribution in [0.15, 0.2) is 30.5 Å². The first-order valence-electron chi connectivity index (χ1n) is 4.20. The second kappa shape index (κ2) is 3.91. The Morgan fingerprint density at radius 3 is 2.93 bits per heavy atom. The molecule has 1 aromatic heterocycles. The minimum atomic E-state index is -0.362. The van der Waals surface area contributed by atoms with Crippen LogP contribution in [-0.2, 0) is 0 Å². The summed E-state index contributed by atoms with van der Waals surface area (Å²) in [5.41, 5.74) is 0.986. The third-order valence-corrected chi connectivity index (χ3v) is 1.80. The monoisotopic (exact) mass is 203 g/mol. The van der Waals surface area contributed by atoms with Crippen molar-refractivity contribution in [2.24, 2.45) is 0 Å². The molecule has 15 heavy (non-hydrogen) atoms. The molecule has 2 aromatic rings. The number of hydrogen-bond donors (Lipinski definition) is 0. The van der Waals surface area contributed by atoms with Crippen LogP contribution < -0.4 is 0 Å². The van der Waals surface area contributed by atoms with E-state index in [0.717, 1.165) is 0 Å². The Morgan fingerprint density at radius 2 is 2.20 bits per heavy atom. The molecule has 0 bridgehead atoms. The average Bonchev–Trinajstić information content (AvgIpc) is 2.29. The predicted molar refractivity (Wildman–Crippen MR) is 50.6 cm³/mol. The van der Waals surface area contributed by atoms with E-state index in [-0.39, 0.29) is 11.6 Å². The van der Waals surface area contributed by atoms with Crippen LogP contribution in [-0.4, -0.2) is 21.5 Å². The summed E-state index contributed by atoms with van der Waals surface area (Å²) in [5.74, 6) is -0.379. The zero-order valence-electron chi connectivity index (χ0n) is 7.59. The lowest BCUT2D eigenvalue weighted by atomic mass is 10.1. The molecule has 4 nitrogen and oxygen atoms in total. The zero-order chi connectivity index (χ0) is 10.7. The minimum absolute atomic E-state index is 0.0169. The quantitative estimate of drug-likeness (QED) is 0.694. The zero-order valence-corrected chi connectivity index (χ0v) is 7.59. The lowest BCUT2D eigenvalue weighted by molar-refractivity contribution is 0.111. The number of carbonyl (C=O) groups is 1. The van der Waals surface area contributed by atoms with Gasteiger partial charge in [0, 0.05) is 5.56 Å². The van der Waals surface area contributed by atoms with Gasteiger partial charge in [0.2, 0.25) is 5.82 Å². The molecule has 0 radical (unpaired) electrons. The first-order chi connectivity index (χ1) is 7.29. The first-order valence-corrected chi connectivity index (χ1v) is 4.20. The summed E-state index contributed by atoms with van der Waals surface area (Å²) in [7, 11) is 0. The summed E-state index contributed by atoms with van der Waals surface area (Å²) in [6, 6.07) is 5.90. The van der Waals surface area contributed by atoms with Gasteiger partial charge < -0.3 is 0 Å². The van der Waals surface area contributed by atoms with E-state index in [2.05, 4.69) is 15.2 Å². The Kier molecular flexibility index (Phi) is 2.45. The molecule has 0 atom stereocenters. The van der Waals surface area contributed by atoms with Crippen molar-refractivity contribution in [2.75, 3.05) is 0 Å². The van der Waals surface area contributed by atoms with Gasteiger partial charge in [-0.3, -0.25) is 4.79 Å². The van der Waals surface area contributed by atoms with Crippen molar-refractivity contribution in [3.63, 3.8) is 0 Å². The van der Waals surface area contributed by atoms with Crippen LogP contribution in [0.5, 0.6) is 0 Å². The molecule has 0 saturated carbocycles. The Hall–Kier alpha value is -2.17. The number of rotatable bonds is 2. The largest absolute Gasteiger partial charge is 0.294 e. The molecule has 2 rings (SSSR count). The number of hydrogen-bond acceptors (Lipinski definition) is 4. The number of halogens is 1. The Bertz CT molecular complexity index is 502. The highest BCUT2D eigenvalue weighted by molar-refractivity contribution is 5.70. The highest BCUT2D eigenvalue weighted by Gasteiger charge is 2.03. The van der Waals surface area contributed by atoms with Gasteiger partial charge in [-0.05, 0) is 12.1 Å². The van der Waals surface area contributed by atoms with E-state index in [1.807, 2.05) is 0 Å². The van der Waals surface area contributed by atoms with Crippen LogP contribution in [0.4, 0.5) is 4.39 Å². The fourth-order valence-electron chi connectivity index (χ4n) is 1.15. The summed E-state index contributed by atoms with van der Waals surface area (Å²) < 4.78 is 12.9. The van der Waals surface area contributed by atoms with Crippen LogP contribution in [0.3, 0.4) is 0 Å². The van der Waals surface area contributed by atoms with Crippen LogP contribution in [0.1, 0.15) is 10.6 Å². The second-order valence-electron chi connectivity index (χ2n) is 2.83. The number of aldehydes is 1. The maximum Gasteiger partial charge on any atom is 0.215 e. The molecule has 1 aromatic carbocycles. The SMILES string of the molecule is O=Cc1nncc(-c2cccc(F)c2)n1. The number of nitrogens with zero attached hydrogens (tertiary/aromatic N) is 3. The maximum absolute atomic E-state index is 12.9. The van der Waals surface area contributed by atoms with E-state index in [9.17, 15) is 9.18 Å². The van der Waals surface area contributed by atoms with Crippen molar-refractivity contribution in [3.05, 3.63) is 42.1 Å². The van der Waals surface area contributed by atoms with E-state index in [4.69, 9.17) is 0 Å². The second-order valence-corrected chi connectivity index (χ2v) is 2.83. The highest BCUT2D eigenvalue weighted by atomic mass is 19.1. The number of aromatic nitrogens is 3. The smallest absolute Gasteiger partial charge is 0.215 e. The molecule has 0 aliphatic heterocycles. The maximum atomic E-state index is 12.9. The lowest BCUT2D eigenvalue weighted by Crippen LogP contribution is -1.97. The average molecular weight is 203 g/mol. The topological polar surface area (TPSA) is 55.7 Å². The number of benzene rings is 1. The summed E-state index contributed by atoms with van der Waals surface area (Å²) in [6.07, 6.45) is 1.87. The molecule has 1 heterocycles. The van der Waals surface area contributed by atoms with Crippen molar-refractivity contribution < 1.29 is 9.18 Å². The van der Waals surface area contributed by atoms with E-state index in [1.54, 1.807) is 12.1 Å². The van der Waals surface area contributed by atoms with E-state index in [0.29, 0.717) is 17.5 Å². The normalized spacial score (nSPS) is 9.93. The predicted octanol–water partition coefficient (Wildman–Crippen LogP) is 1.49. The van der Waals surface area contributed by atoms with E-state index < -0.39 is 0 Å². The summed E-state index contributed by atoms with van der Waals surface area (Å²) in [5, 5.41) is 7.08. The van der Waals surface area contributed by atoms with Crippen molar-refractivity contribution in [3.8, 4) is 11.3 Å². The summed E-state index contributed by atoms with van der Waals surface area (Å²) in [4.78, 5) is 14.3. The van der Waals surface area contributed by atoms with Gasteiger partial charge in [-0.25, -0.2) is 9.37 Å². The van der Waals surface area contributed by atoms with Gasteiger partial charge in [0.15, 0.2) is 6.29 Å². The molecule has 0 saturated heterocycles. The van der Waals surface area contributed by atoms with Gasteiger partial charge in [-0.2, -0.15) is 5.10 Å². The Morgan fingerprint density at radius 1 is 1.33 bits per heavy atom. The fraction of sp³-hybridized carbons (Fsp3) is 0. The standard InChI is InChI=1S/C10H6FN3O/c11-8-3-1-2-7(4-8)9-5-12-14-10(6-15)13-9/h1-6H. The van der Waals surface area contributed by atoms with Crippen molar-refractivity contribution in [1.29, 1.82) is 0 Å². The van der Waals surface area contributed by atoms with Gasteiger partial charge in [-0.1, -0.05) is 12.1 Å². The Labute approximate surface area is 84.8 Å². The molecule has 0 fully saturated rings. The van der Waals surface area contributed by atoms with Gasteiger partial charge >= 0.3 is 0 Å². The number of carbonyl (C=O) groups excluding carboxylic acids is 1. The molecule has 0 N–H and O–H groups in total. The minimum Gasteiger partial charge on any atom is -0.294 e. The molecule has 0 unspecified atom stereocenters. The van der Waals surface area contributed by atoms with Crippen molar-refractivity contribution >= 4 is 6.29 Å². The third kappa shape index (κ3) is 2.01. The molecule has 0 aliphatic carbocycles. The first kappa shape index (κ1) is 9.39. The van der Waals surface area contributed by atoms with E-state index >= 15 is 0 Å². The molecule has 0 aliphatic rings. The lowest BCUT2D eigenvalue weighted by Gasteiger charge is -1.99.